The lowest BCUT2D eigenvalue weighted by Gasteiger charge is -2.26. The predicted molar refractivity (Wildman–Crippen MR) is 71.6 cm³/mol. The van der Waals surface area contributed by atoms with Gasteiger partial charge in [-0.25, -0.2) is 0 Å². The molecule has 3 unspecified atom stereocenters. The van der Waals surface area contributed by atoms with Crippen LogP contribution in [-0.2, 0) is 7.05 Å². The third kappa shape index (κ3) is 2.06. The summed E-state index contributed by atoms with van der Waals surface area (Å²) in [6, 6.07) is 0.467. The first-order chi connectivity index (χ1) is 8.20. The fraction of sp³-hybridized carbons (Fsp3) is 0.769. The van der Waals surface area contributed by atoms with Crippen LogP contribution < -0.4 is 5.32 Å². The van der Waals surface area contributed by atoms with E-state index in [4.69, 9.17) is 0 Å². The maximum atomic E-state index is 4.35. The summed E-state index contributed by atoms with van der Waals surface area (Å²) in [4.78, 5) is 0. The lowest BCUT2D eigenvalue weighted by Crippen LogP contribution is -2.29. The highest BCUT2D eigenvalue weighted by Gasteiger charge is 2.48. The van der Waals surface area contributed by atoms with Crippen molar-refractivity contribution in [1.29, 1.82) is 0 Å². The van der Waals surface area contributed by atoms with Crippen molar-refractivity contribution in [3.05, 3.63) is 16.4 Å². The van der Waals surface area contributed by atoms with E-state index in [1.807, 2.05) is 17.9 Å². The van der Waals surface area contributed by atoms with Gasteiger partial charge in [0, 0.05) is 7.05 Å². The van der Waals surface area contributed by atoms with Gasteiger partial charge in [-0.05, 0) is 59.5 Å². The molecule has 0 bridgehead atoms. The molecule has 1 heterocycles. The molecule has 2 saturated carbocycles. The number of halogens is 1. The zero-order valence-electron chi connectivity index (χ0n) is 10.5. The van der Waals surface area contributed by atoms with Crippen molar-refractivity contribution in [3.8, 4) is 0 Å². The molecule has 0 spiro atoms. The van der Waals surface area contributed by atoms with Crippen LogP contribution in [0.15, 0.2) is 10.7 Å². The largest absolute Gasteiger partial charge is 0.309 e. The molecule has 0 aliphatic heterocycles. The second-order valence-corrected chi connectivity index (χ2v) is 6.38. The van der Waals surface area contributed by atoms with Crippen molar-refractivity contribution in [2.24, 2.45) is 24.8 Å². The number of nitrogens with one attached hydrogen (secondary N) is 1. The Morgan fingerprint density at radius 3 is 2.71 bits per heavy atom. The molecule has 94 valence electrons. The highest BCUT2D eigenvalue weighted by atomic mass is 79.9. The molecular weight excluding hydrogens is 278 g/mol. The van der Waals surface area contributed by atoms with E-state index >= 15 is 0 Å². The second kappa shape index (κ2) is 4.39. The van der Waals surface area contributed by atoms with Crippen LogP contribution in [0.5, 0.6) is 0 Å². The summed E-state index contributed by atoms with van der Waals surface area (Å²) < 4.78 is 3.16. The molecule has 2 aliphatic rings. The molecule has 3 rings (SSSR count). The SMILES string of the molecule is CCNC(c1c(Br)cnn1C)C1CC2CC2C1. The molecule has 3 atom stereocenters. The number of nitrogens with zero attached hydrogens (tertiary/aromatic N) is 2. The topological polar surface area (TPSA) is 29.9 Å². The van der Waals surface area contributed by atoms with E-state index in [0.717, 1.165) is 28.8 Å². The van der Waals surface area contributed by atoms with Crippen LogP contribution in [0.25, 0.3) is 0 Å². The normalized spacial score (nSPS) is 32.5. The fourth-order valence-electron chi connectivity index (χ4n) is 3.51. The summed E-state index contributed by atoms with van der Waals surface area (Å²) in [6.45, 7) is 3.21. The molecule has 0 radical (unpaired) electrons. The number of rotatable bonds is 4. The maximum Gasteiger partial charge on any atom is 0.0695 e. The van der Waals surface area contributed by atoms with Gasteiger partial charge < -0.3 is 5.32 Å². The van der Waals surface area contributed by atoms with E-state index in [9.17, 15) is 0 Å². The van der Waals surface area contributed by atoms with Gasteiger partial charge in [0.15, 0.2) is 0 Å². The average Bonchev–Trinajstić information content (AvgIpc) is 2.77. The van der Waals surface area contributed by atoms with Gasteiger partial charge in [-0.15, -0.1) is 0 Å². The van der Waals surface area contributed by atoms with Crippen molar-refractivity contribution in [3.63, 3.8) is 0 Å². The Kier molecular flexibility index (Phi) is 3.03. The molecule has 4 heteroatoms. The Morgan fingerprint density at radius 2 is 2.18 bits per heavy atom. The minimum Gasteiger partial charge on any atom is -0.309 e. The Labute approximate surface area is 111 Å². The van der Waals surface area contributed by atoms with E-state index in [1.54, 1.807) is 0 Å². The first kappa shape index (κ1) is 11.7. The molecule has 2 aliphatic carbocycles. The third-order valence-corrected chi connectivity index (χ3v) is 5.02. The Balaban J connectivity index is 1.84. The summed E-state index contributed by atoms with van der Waals surface area (Å²) in [6.07, 6.45) is 6.21. The van der Waals surface area contributed by atoms with Crippen LogP contribution in [0.2, 0.25) is 0 Å². The molecule has 0 saturated heterocycles. The van der Waals surface area contributed by atoms with E-state index < -0.39 is 0 Å². The number of hydrogen-bond acceptors (Lipinski definition) is 2. The van der Waals surface area contributed by atoms with Gasteiger partial charge in [0.2, 0.25) is 0 Å². The van der Waals surface area contributed by atoms with E-state index in [1.165, 1.54) is 25.0 Å². The van der Waals surface area contributed by atoms with E-state index in [2.05, 4.69) is 33.3 Å². The van der Waals surface area contributed by atoms with Crippen LogP contribution in [0, 0.1) is 17.8 Å². The lowest BCUT2D eigenvalue weighted by molar-refractivity contribution is 0.331. The molecule has 0 amide bonds. The van der Waals surface area contributed by atoms with Gasteiger partial charge in [0.05, 0.1) is 22.4 Å². The first-order valence-electron chi connectivity index (χ1n) is 6.61. The van der Waals surface area contributed by atoms with Crippen LogP contribution >= 0.6 is 15.9 Å². The number of aryl methyl sites for hydroxylation is 1. The molecule has 1 N–H and O–H groups in total. The van der Waals surface area contributed by atoms with Gasteiger partial charge in [-0.3, -0.25) is 4.68 Å². The van der Waals surface area contributed by atoms with Crippen molar-refractivity contribution in [2.45, 2.75) is 32.2 Å². The fourth-order valence-corrected chi connectivity index (χ4v) is 4.11. The van der Waals surface area contributed by atoms with Crippen LogP contribution in [-0.4, -0.2) is 16.3 Å². The quantitative estimate of drug-likeness (QED) is 0.926. The van der Waals surface area contributed by atoms with Crippen LogP contribution in [0.3, 0.4) is 0 Å². The number of hydrogen-bond donors (Lipinski definition) is 1. The molecule has 3 nitrogen and oxygen atoms in total. The molecule has 1 aromatic rings. The van der Waals surface area contributed by atoms with Crippen LogP contribution in [0.4, 0.5) is 0 Å². The summed E-state index contributed by atoms with van der Waals surface area (Å²) in [5.74, 6) is 2.87. The highest BCUT2D eigenvalue weighted by Crippen LogP contribution is 2.57. The number of aromatic nitrogens is 2. The van der Waals surface area contributed by atoms with Crippen molar-refractivity contribution >= 4 is 15.9 Å². The predicted octanol–water partition coefficient (Wildman–Crippen LogP) is 2.88. The molecule has 17 heavy (non-hydrogen) atoms. The monoisotopic (exact) mass is 297 g/mol. The summed E-state index contributed by atoms with van der Waals surface area (Å²) >= 11 is 3.64. The van der Waals surface area contributed by atoms with Gasteiger partial charge >= 0.3 is 0 Å². The van der Waals surface area contributed by atoms with Crippen molar-refractivity contribution in [1.82, 2.24) is 15.1 Å². The van der Waals surface area contributed by atoms with E-state index in [-0.39, 0.29) is 0 Å². The lowest BCUT2D eigenvalue weighted by atomic mass is 9.92. The highest BCUT2D eigenvalue weighted by molar-refractivity contribution is 9.10. The van der Waals surface area contributed by atoms with Gasteiger partial charge in [-0.2, -0.15) is 5.10 Å². The summed E-state index contributed by atoms with van der Waals surface area (Å²) in [5.41, 5.74) is 1.32. The molecule has 0 aromatic carbocycles. The Morgan fingerprint density at radius 1 is 1.47 bits per heavy atom. The maximum absolute atomic E-state index is 4.35. The smallest absolute Gasteiger partial charge is 0.0695 e. The second-order valence-electron chi connectivity index (χ2n) is 5.52. The first-order valence-corrected chi connectivity index (χ1v) is 7.40. The number of fused-ring (bicyclic) bond motifs is 1. The van der Waals surface area contributed by atoms with Crippen molar-refractivity contribution < 1.29 is 0 Å². The minimum atomic E-state index is 0.467. The van der Waals surface area contributed by atoms with Gasteiger partial charge in [0.1, 0.15) is 0 Å². The molecule has 2 fully saturated rings. The molecule has 1 aromatic heterocycles. The average molecular weight is 298 g/mol. The van der Waals surface area contributed by atoms with Crippen LogP contribution in [0.1, 0.15) is 37.9 Å². The zero-order valence-corrected chi connectivity index (χ0v) is 12.1. The third-order valence-electron chi connectivity index (χ3n) is 4.41. The Bertz CT molecular complexity index is 385. The van der Waals surface area contributed by atoms with Crippen molar-refractivity contribution in [2.75, 3.05) is 6.54 Å². The zero-order chi connectivity index (χ0) is 12.0. The Hall–Kier alpha value is -0.350. The van der Waals surface area contributed by atoms with Gasteiger partial charge in [0.25, 0.3) is 0 Å². The van der Waals surface area contributed by atoms with Gasteiger partial charge in [-0.1, -0.05) is 6.92 Å². The standard InChI is InChI=1S/C13H20BrN3/c1-3-15-12(10-5-8-4-9(8)6-10)13-11(14)7-16-17(13)2/h7-10,12,15H,3-6H2,1-2H3. The van der Waals surface area contributed by atoms with E-state index in [0.29, 0.717) is 6.04 Å². The molecular formula is C13H20BrN3. The minimum absolute atomic E-state index is 0.467. The summed E-state index contributed by atoms with van der Waals surface area (Å²) in [7, 11) is 2.04. The summed E-state index contributed by atoms with van der Waals surface area (Å²) in [5, 5.41) is 8.01.